The van der Waals surface area contributed by atoms with Crippen LogP contribution in [0, 0.1) is 17.0 Å². The summed E-state index contributed by atoms with van der Waals surface area (Å²) in [5.41, 5.74) is 1.17. The van der Waals surface area contributed by atoms with E-state index < -0.39 is 14.8 Å². The molecule has 98 valence electrons. The van der Waals surface area contributed by atoms with Gasteiger partial charge in [0.25, 0.3) is 5.69 Å². The fraction of sp³-hybridized carbons (Fsp3) is 0.455. The van der Waals surface area contributed by atoms with Gasteiger partial charge in [-0.3, -0.25) is 10.1 Å². The highest BCUT2D eigenvalue weighted by atomic mass is 32.2. The van der Waals surface area contributed by atoms with Gasteiger partial charge in [0.15, 0.2) is 9.84 Å². The number of rotatable bonds is 3. The highest BCUT2D eigenvalue weighted by Gasteiger charge is 2.29. The van der Waals surface area contributed by atoms with Gasteiger partial charge in [0.05, 0.1) is 16.4 Å². The fourth-order valence-corrected chi connectivity index (χ4v) is 3.72. The van der Waals surface area contributed by atoms with Crippen LogP contribution in [-0.2, 0) is 9.84 Å². The average molecular weight is 270 g/mol. The van der Waals surface area contributed by atoms with E-state index in [9.17, 15) is 18.5 Å². The van der Waals surface area contributed by atoms with Gasteiger partial charge in [0, 0.05) is 12.1 Å². The zero-order valence-electron chi connectivity index (χ0n) is 9.92. The molecule has 6 nitrogen and oxygen atoms in total. The Labute approximate surface area is 105 Å². The summed E-state index contributed by atoms with van der Waals surface area (Å²) in [5, 5.41) is 13.9. The molecule has 0 amide bonds. The first kappa shape index (κ1) is 12.8. The molecule has 1 aromatic carbocycles. The summed E-state index contributed by atoms with van der Waals surface area (Å²) in [6.07, 6.45) is 0.493. The summed E-state index contributed by atoms with van der Waals surface area (Å²) in [4.78, 5) is 10.5. The quantitative estimate of drug-likeness (QED) is 0.664. The molecule has 1 N–H and O–H groups in total. The monoisotopic (exact) mass is 270 g/mol. The Kier molecular flexibility index (Phi) is 3.25. The van der Waals surface area contributed by atoms with Crippen molar-refractivity contribution < 1.29 is 13.3 Å². The molecule has 18 heavy (non-hydrogen) atoms. The molecule has 1 atom stereocenters. The molecule has 1 heterocycles. The fourth-order valence-electron chi connectivity index (χ4n) is 2.04. The van der Waals surface area contributed by atoms with Crippen molar-refractivity contribution >= 4 is 21.2 Å². The van der Waals surface area contributed by atoms with Gasteiger partial charge in [-0.1, -0.05) is 6.07 Å². The van der Waals surface area contributed by atoms with Gasteiger partial charge in [-0.05, 0) is 25.0 Å². The maximum atomic E-state index is 11.3. The molecule has 1 aliphatic rings. The highest BCUT2D eigenvalue weighted by Crippen LogP contribution is 2.27. The summed E-state index contributed by atoms with van der Waals surface area (Å²) in [7, 11) is -2.99. The van der Waals surface area contributed by atoms with Crippen LogP contribution in [0.5, 0.6) is 0 Å². The number of hydrogen-bond acceptors (Lipinski definition) is 5. The van der Waals surface area contributed by atoms with Crippen molar-refractivity contribution in [2.24, 2.45) is 0 Å². The molecule has 0 aromatic heterocycles. The topological polar surface area (TPSA) is 89.3 Å². The third-order valence-corrected chi connectivity index (χ3v) is 4.71. The van der Waals surface area contributed by atoms with Crippen LogP contribution in [0.15, 0.2) is 18.2 Å². The van der Waals surface area contributed by atoms with Gasteiger partial charge >= 0.3 is 0 Å². The van der Waals surface area contributed by atoms with Crippen LogP contribution in [-0.4, -0.2) is 30.9 Å². The Balaban J connectivity index is 2.22. The lowest BCUT2D eigenvalue weighted by Gasteiger charge is -2.12. The number of nitrogens with one attached hydrogen (secondary N) is 1. The second kappa shape index (κ2) is 4.56. The standard InChI is InChI=1S/C11H14N2O4S/c1-8-2-3-10(11(6-8)13(14)15)12-9-4-5-18(16,17)7-9/h2-3,6,9,12H,4-5,7H2,1H3. The zero-order chi connectivity index (χ0) is 13.3. The van der Waals surface area contributed by atoms with Gasteiger partial charge in [-0.25, -0.2) is 8.42 Å². The second-order valence-corrected chi connectivity index (χ2v) is 6.75. The summed E-state index contributed by atoms with van der Waals surface area (Å²) >= 11 is 0. The van der Waals surface area contributed by atoms with Crippen LogP contribution >= 0.6 is 0 Å². The molecular weight excluding hydrogens is 256 g/mol. The molecule has 0 bridgehead atoms. The van der Waals surface area contributed by atoms with Crippen molar-refractivity contribution in [3.8, 4) is 0 Å². The molecule has 1 aromatic rings. The Morgan fingerprint density at radius 1 is 1.44 bits per heavy atom. The van der Waals surface area contributed by atoms with Crippen molar-refractivity contribution in [1.82, 2.24) is 0 Å². The summed E-state index contributed by atoms with van der Waals surface area (Å²) < 4.78 is 22.7. The molecule has 1 aliphatic heterocycles. The zero-order valence-corrected chi connectivity index (χ0v) is 10.7. The first-order valence-corrected chi connectivity index (χ1v) is 7.41. The van der Waals surface area contributed by atoms with E-state index in [1.165, 1.54) is 6.07 Å². The third kappa shape index (κ3) is 2.79. The van der Waals surface area contributed by atoms with Crippen LogP contribution in [0.1, 0.15) is 12.0 Å². The summed E-state index contributed by atoms with van der Waals surface area (Å²) in [6, 6.07) is 4.62. The van der Waals surface area contributed by atoms with E-state index >= 15 is 0 Å². The number of hydrogen-bond donors (Lipinski definition) is 1. The Morgan fingerprint density at radius 3 is 2.72 bits per heavy atom. The Bertz CT molecular complexity index is 583. The molecule has 0 aliphatic carbocycles. The molecule has 7 heteroatoms. The molecule has 0 radical (unpaired) electrons. The smallest absolute Gasteiger partial charge is 0.292 e. The normalized spacial score (nSPS) is 21.7. The molecule has 2 rings (SSSR count). The first-order valence-electron chi connectivity index (χ1n) is 5.59. The molecule has 1 fully saturated rings. The van der Waals surface area contributed by atoms with Crippen LogP contribution in [0.25, 0.3) is 0 Å². The number of benzene rings is 1. The number of aryl methyl sites for hydroxylation is 1. The van der Waals surface area contributed by atoms with Gasteiger partial charge in [0.2, 0.25) is 0 Å². The van der Waals surface area contributed by atoms with Crippen LogP contribution in [0.2, 0.25) is 0 Å². The minimum atomic E-state index is -2.99. The minimum absolute atomic E-state index is 0.0145. The molecule has 0 saturated carbocycles. The highest BCUT2D eigenvalue weighted by molar-refractivity contribution is 7.91. The van der Waals surface area contributed by atoms with Crippen LogP contribution in [0.4, 0.5) is 11.4 Å². The number of nitrogens with zero attached hydrogens (tertiary/aromatic N) is 1. The lowest BCUT2D eigenvalue weighted by atomic mass is 10.1. The van der Waals surface area contributed by atoms with E-state index in [1.54, 1.807) is 19.1 Å². The van der Waals surface area contributed by atoms with Crippen molar-refractivity contribution in [2.75, 3.05) is 16.8 Å². The average Bonchev–Trinajstić information content (AvgIpc) is 2.60. The van der Waals surface area contributed by atoms with Crippen molar-refractivity contribution in [1.29, 1.82) is 0 Å². The number of nitro benzene ring substituents is 1. The van der Waals surface area contributed by atoms with E-state index in [0.717, 1.165) is 5.56 Å². The SMILES string of the molecule is Cc1ccc(NC2CCS(=O)(=O)C2)c([N+](=O)[O-])c1. The van der Waals surface area contributed by atoms with Crippen LogP contribution < -0.4 is 5.32 Å². The largest absolute Gasteiger partial charge is 0.376 e. The lowest BCUT2D eigenvalue weighted by molar-refractivity contribution is -0.384. The predicted molar refractivity (Wildman–Crippen MR) is 68.5 cm³/mol. The van der Waals surface area contributed by atoms with Crippen LogP contribution in [0.3, 0.4) is 0 Å². The maximum Gasteiger partial charge on any atom is 0.292 e. The number of sulfone groups is 1. The minimum Gasteiger partial charge on any atom is -0.376 e. The first-order chi connectivity index (χ1) is 8.37. The predicted octanol–water partition coefficient (Wildman–Crippen LogP) is 1.50. The number of anilines is 1. The molecule has 0 spiro atoms. The van der Waals surface area contributed by atoms with E-state index in [-0.39, 0.29) is 23.2 Å². The number of nitro groups is 1. The van der Waals surface area contributed by atoms with Crippen molar-refractivity contribution in [2.45, 2.75) is 19.4 Å². The molecule has 1 unspecified atom stereocenters. The van der Waals surface area contributed by atoms with E-state index in [1.807, 2.05) is 0 Å². The Morgan fingerprint density at radius 2 is 2.17 bits per heavy atom. The van der Waals surface area contributed by atoms with Crippen molar-refractivity contribution in [3.05, 3.63) is 33.9 Å². The van der Waals surface area contributed by atoms with Gasteiger partial charge in [-0.15, -0.1) is 0 Å². The van der Waals surface area contributed by atoms with Gasteiger partial charge in [0.1, 0.15) is 5.69 Å². The van der Waals surface area contributed by atoms with E-state index in [2.05, 4.69) is 5.32 Å². The lowest BCUT2D eigenvalue weighted by Crippen LogP contribution is -2.21. The van der Waals surface area contributed by atoms with Crippen molar-refractivity contribution in [3.63, 3.8) is 0 Å². The Hall–Kier alpha value is -1.63. The van der Waals surface area contributed by atoms with Gasteiger partial charge in [-0.2, -0.15) is 0 Å². The summed E-state index contributed by atoms with van der Waals surface area (Å²) in [5.74, 6) is 0.183. The summed E-state index contributed by atoms with van der Waals surface area (Å²) in [6.45, 7) is 1.77. The third-order valence-electron chi connectivity index (χ3n) is 2.94. The van der Waals surface area contributed by atoms with E-state index in [0.29, 0.717) is 12.1 Å². The van der Waals surface area contributed by atoms with Gasteiger partial charge < -0.3 is 5.32 Å². The second-order valence-electron chi connectivity index (χ2n) is 4.52. The molecular formula is C11H14N2O4S. The van der Waals surface area contributed by atoms with E-state index in [4.69, 9.17) is 0 Å². The molecule has 1 saturated heterocycles. The maximum absolute atomic E-state index is 11.3.